The third-order valence-electron chi connectivity index (χ3n) is 1.94. The van der Waals surface area contributed by atoms with Crippen molar-refractivity contribution in [2.75, 3.05) is 6.61 Å². The Morgan fingerprint density at radius 1 is 1.40 bits per heavy atom. The molecule has 0 bridgehead atoms. The molecule has 0 unspecified atom stereocenters. The smallest absolute Gasteiger partial charge is 0.181 e. The first-order valence-corrected chi connectivity index (χ1v) is 5.17. The Kier molecular flexibility index (Phi) is 5.22. The van der Waals surface area contributed by atoms with Crippen LogP contribution in [0.2, 0.25) is 0 Å². The summed E-state index contributed by atoms with van der Waals surface area (Å²) in [4.78, 5) is 5.05. The number of oxime groups is 1. The molecule has 4 nitrogen and oxygen atoms in total. The Balaban J connectivity index is 2.23. The van der Waals surface area contributed by atoms with E-state index in [1.165, 1.54) is 18.8 Å². The van der Waals surface area contributed by atoms with Crippen molar-refractivity contribution in [2.24, 2.45) is 5.16 Å². The molecule has 1 aromatic heterocycles. The van der Waals surface area contributed by atoms with E-state index in [9.17, 15) is 5.21 Å². The van der Waals surface area contributed by atoms with E-state index in [2.05, 4.69) is 12.1 Å². The summed E-state index contributed by atoms with van der Waals surface area (Å²) in [5.41, 5.74) is 0.859. The summed E-state index contributed by atoms with van der Waals surface area (Å²) in [6.45, 7) is 2.80. The van der Waals surface area contributed by atoms with Gasteiger partial charge in [0.1, 0.15) is 6.61 Å². The van der Waals surface area contributed by atoms with Gasteiger partial charge in [0.05, 0.1) is 6.21 Å². The highest BCUT2D eigenvalue weighted by molar-refractivity contribution is 5.78. The van der Waals surface area contributed by atoms with E-state index in [1.54, 1.807) is 18.3 Å². The Bertz CT molecular complexity index is 296. The topological polar surface area (TPSA) is 48.5 Å². The molecule has 0 spiro atoms. The van der Waals surface area contributed by atoms with Gasteiger partial charge in [-0.25, -0.2) is 0 Å². The molecule has 0 radical (unpaired) electrons. The fourth-order valence-electron chi connectivity index (χ4n) is 1.08. The quantitative estimate of drug-likeness (QED) is 0.235. The number of nitrogens with zero attached hydrogens (tertiary/aromatic N) is 2. The number of aromatic nitrogens is 1. The van der Waals surface area contributed by atoms with Crippen molar-refractivity contribution in [1.29, 1.82) is 0 Å². The van der Waals surface area contributed by atoms with Crippen LogP contribution in [-0.4, -0.2) is 12.8 Å². The molecule has 82 valence electrons. The lowest BCUT2D eigenvalue weighted by molar-refractivity contribution is -0.605. The van der Waals surface area contributed by atoms with Gasteiger partial charge in [-0.3, -0.25) is 0 Å². The Labute approximate surface area is 89.8 Å². The molecule has 0 aliphatic heterocycles. The van der Waals surface area contributed by atoms with Gasteiger partial charge in [0.2, 0.25) is 0 Å². The molecular formula is C11H16N2O2. The molecular weight excluding hydrogens is 192 g/mol. The monoisotopic (exact) mass is 208 g/mol. The van der Waals surface area contributed by atoms with Crippen LogP contribution in [-0.2, 0) is 4.84 Å². The van der Waals surface area contributed by atoms with Crippen LogP contribution < -0.4 is 4.73 Å². The van der Waals surface area contributed by atoms with E-state index in [0.29, 0.717) is 6.61 Å². The highest BCUT2D eigenvalue weighted by Gasteiger charge is 1.90. The van der Waals surface area contributed by atoms with Gasteiger partial charge in [-0.15, -0.1) is 0 Å². The van der Waals surface area contributed by atoms with E-state index in [-0.39, 0.29) is 0 Å². The molecule has 4 heteroatoms. The summed E-state index contributed by atoms with van der Waals surface area (Å²) in [5.74, 6) is 0. The second-order valence-electron chi connectivity index (χ2n) is 3.27. The minimum absolute atomic E-state index is 0.652. The first kappa shape index (κ1) is 11.5. The molecule has 0 saturated carbocycles. The SMILES string of the molecule is CCCCCO/N=C/c1cc[n+]([O-])cc1. The molecule has 15 heavy (non-hydrogen) atoms. The molecule has 1 heterocycles. The molecule has 0 aliphatic rings. The number of rotatable bonds is 6. The Morgan fingerprint density at radius 2 is 2.13 bits per heavy atom. The standard InChI is InChI=1S/C11H16N2O2/c1-2-3-4-9-15-12-10-11-5-7-13(14)8-6-11/h5-8,10H,2-4,9H2,1H3/b12-10+. The zero-order valence-electron chi connectivity index (χ0n) is 8.93. The predicted molar refractivity (Wildman–Crippen MR) is 58.5 cm³/mol. The summed E-state index contributed by atoms with van der Waals surface area (Å²) < 4.78 is 0.736. The maximum Gasteiger partial charge on any atom is 0.181 e. The third-order valence-corrected chi connectivity index (χ3v) is 1.94. The van der Waals surface area contributed by atoms with Crippen LogP contribution in [0.25, 0.3) is 0 Å². The van der Waals surface area contributed by atoms with Crippen LogP contribution >= 0.6 is 0 Å². The molecule has 1 aromatic rings. The Morgan fingerprint density at radius 3 is 2.80 bits per heavy atom. The zero-order chi connectivity index (χ0) is 10.9. The number of hydrogen-bond donors (Lipinski definition) is 0. The fraction of sp³-hybridized carbons (Fsp3) is 0.455. The van der Waals surface area contributed by atoms with Crippen LogP contribution in [0.4, 0.5) is 0 Å². The van der Waals surface area contributed by atoms with Gasteiger partial charge >= 0.3 is 0 Å². The summed E-state index contributed by atoms with van der Waals surface area (Å²) in [6.07, 6.45) is 7.83. The lowest BCUT2D eigenvalue weighted by Crippen LogP contribution is -2.23. The maximum absolute atomic E-state index is 10.7. The molecule has 0 N–H and O–H groups in total. The summed E-state index contributed by atoms with van der Waals surface area (Å²) >= 11 is 0. The van der Waals surface area contributed by atoms with E-state index in [4.69, 9.17) is 4.84 Å². The first-order chi connectivity index (χ1) is 7.33. The predicted octanol–water partition coefficient (Wildman–Crippen LogP) is 1.86. The summed E-state index contributed by atoms with van der Waals surface area (Å²) in [6, 6.07) is 3.37. The average molecular weight is 208 g/mol. The van der Waals surface area contributed by atoms with Crippen molar-refractivity contribution in [3.8, 4) is 0 Å². The van der Waals surface area contributed by atoms with E-state index >= 15 is 0 Å². The van der Waals surface area contributed by atoms with Crippen molar-refractivity contribution < 1.29 is 9.57 Å². The van der Waals surface area contributed by atoms with Crippen LogP contribution in [0.1, 0.15) is 31.7 Å². The zero-order valence-corrected chi connectivity index (χ0v) is 8.93. The normalized spacial score (nSPS) is 10.7. The van der Waals surface area contributed by atoms with Gasteiger partial charge in [0.15, 0.2) is 12.4 Å². The molecule has 0 saturated heterocycles. The van der Waals surface area contributed by atoms with Crippen molar-refractivity contribution in [2.45, 2.75) is 26.2 Å². The fourth-order valence-corrected chi connectivity index (χ4v) is 1.08. The molecule has 0 atom stereocenters. The van der Waals surface area contributed by atoms with Gasteiger partial charge in [-0.2, -0.15) is 4.73 Å². The molecule has 0 aliphatic carbocycles. The van der Waals surface area contributed by atoms with Crippen molar-refractivity contribution in [3.05, 3.63) is 35.3 Å². The lowest BCUT2D eigenvalue weighted by atomic mass is 10.3. The van der Waals surface area contributed by atoms with Gasteiger partial charge in [-0.05, 0) is 6.42 Å². The number of unbranched alkanes of at least 4 members (excludes halogenated alkanes) is 2. The van der Waals surface area contributed by atoms with Crippen LogP contribution in [0.3, 0.4) is 0 Å². The highest BCUT2D eigenvalue weighted by Crippen LogP contribution is 1.95. The second-order valence-corrected chi connectivity index (χ2v) is 3.27. The maximum atomic E-state index is 10.7. The van der Waals surface area contributed by atoms with Crippen molar-refractivity contribution >= 4 is 6.21 Å². The van der Waals surface area contributed by atoms with E-state index in [0.717, 1.165) is 23.1 Å². The van der Waals surface area contributed by atoms with Crippen LogP contribution in [0.15, 0.2) is 29.7 Å². The largest absolute Gasteiger partial charge is 0.619 e. The van der Waals surface area contributed by atoms with Gasteiger partial charge in [0, 0.05) is 17.7 Å². The summed E-state index contributed by atoms with van der Waals surface area (Å²) in [7, 11) is 0. The average Bonchev–Trinajstić information content (AvgIpc) is 2.26. The minimum atomic E-state index is 0.652. The number of hydrogen-bond acceptors (Lipinski definition) is 3. The number of pyridine rings is 1. The molecule has 0 aromatic carbocycles. The van der Waals surface area contributed by atoms with Gasteiger partial charge in [-0.1, -0.05) is 24.9 Å². The van der Waals surface area contributed by atoms with Crippen molar-refractivity contribution in [1.82, 2.24) is 0 Å². The van der Waals surface area contributed by atoms with Crippen molar-refractivity contribution in [3.63, 3.8) is 0 Å². The third kappa shape index (κ3) is 5.00. The molecule has 0 amide bonds. The second kappa shape index (κ2) is 6.81. The van der Waals surface area contributed by atoms with E-state index in [1.807, 2.05) is 0 Å². The first-order valence-electron chi connectivity index (χ1n) is 5.17. The highest BCUT2D eigenvalue weighted by atomic mass is 16.6. The Hall–Kier alpha value is -1.58. The minimum Gasteiger partial charge on any atom is -0.619 e. The van der Waals surface area contributed by atoms with Gasteiger partial charge < -0.3 is 10.0 Å². The molecule has 1 rings (SSSR count). The molecule has 0 fully saturated rings. The van der Waals surface area contributed by atoms with Gasteiger partial charge in [0.25, 0.3) is 0 Å². The van der Waals surface area contributed by atoms with Crippen LogP contribution in [0.5, 0.6) is 0 Å². The van der Waals surface area contributed by atoms with Crippen LogP contribution in [0, 0.1) is 5.21 Å². The summed E-state index contributed by atoms with van der Waals surface area (Å²) in [5, 5.41) is 14.5. The van der Waals surface area contributed by atoms with E-state index < -0.39 is 0 Å². The lowest BCUT2D eigenvalue weighted by Gasteiger charge is -1.97.